The van der Waals surface area contributed by atoms with Crippen molar-refractivity contribution in [3.8, 4) is 5.75 Å². The summed E-state index contributed by atoms with van der Waals surface area (Å²) in [4.78, 5) is 61.7. The molecule has 4 heterocycles. The number of amides is 5. The molecule has 380 valence electrons. The van der Waals surface area contributed by atoms with Crippen molar-refractivity contribution in [3.05, 3.63) is 125 Å². The lowest BCUT2D eigenvalue weighted by molar-refractivity contribution is -0.116. The number of aryl methyl sites for hydroxylation is 4. The molecule has 0 radical (unpaired) electrons. The minimum Gasteiger partial charge on any atom is -0.491 e. The molecule has 0 saturated carbocycles. The number of hydrogen-bond acceptors (Lipinski definition) is 16. The average molecular weight is 988 g/mol. The molecule has 0 aliphatic heterocycles. The van der Waals surface area contributed by atoms with Crippen LogP contribution in [0.5, 0.6) is 5.75 Å². The predicted octanol–water partition coefficient (Wildman–Crippen LogP) is 4.07. The van der Waals surface area contributed by atoms with Crippen molar-refractivity contribution in [2.45, 2.75) is 97.4 Å². The molecule has 0 aliphatic carbocycles. The quantitative estimate of drug-likeness (QED) is 0.0455. The van der Waals surface area contributed by atoms with Crippen LogP contribution in [0.15, 0.2) is 85.2 Å². The van der Waals surface area contributed by atoms with Crippen molar-refractivity contribution in [3.63, 3.8) is 0 Å². The van der Waals surface area contributed by atoms with Gasteiger partial charge in [-0.3, -0.25) is 28.5 Å². The fourth-order valence-corrected chi connectivity index (χ4v) is 6.91. The number of carbonyl (C=O) groups is 5. The van der Waals surface area contributed by atoms with Gasteiger partial charge in [-0.05, 0) is 112 Å². The number of benzene rings is 2. The Morgan fingerprint density at radius 3 is 1.74 bits per heavy atom. The third-order valence-corrected chi connectivity index (χ3v) is 10.4. The topological polar surface area (TPSA) is 286 Å². The number of nitrogens with one attached hydrogen (secondary N) is 5. The summed E-state index contributed by atoms with van der Waals surface area (Å²) in [7, 11) is 1.54. The number of aromatic nitrogens is 10. The zero-order valence-corrected chi connectivity index (χ0v) is 40.9. The standard InChI is InChI=1S/C49H61N15O8/c1-49(2,3)72-48(69)52-31-36-13-9-11-34(27-36)29-44(65)53-42-19-17-38(55-59-42)15-6-8-23-64-33-41(58-62-64)47(68)51-21-24-70-25-26-71-39-16-10-12-35(28-39)30-45(66)54-43-20-18-37(56-60-43)14-5-7-22-63-32-40(57-61-63)46(67)50-4/h9-13,16-20,27-28,32-33H,5-8,14-15,21-26,29-31H2,1-4H3,(H,50,67)(H,51,68)(H,52,69)(H,53,59,65)(H,54,60,66). The Morgan fingerprint density at radius 1 is 0.597 bits per heavy atom. The molecule has 0 atom stereocenters. The fraction of sp³-hybridized carbons (Fsp3) is 0.408. The van der Waals surface area contributed by atoms with E-state index in [2.05, 4.69) is 67.6 Å². The SMILES string of the molecule is CNC(=O)c1cn(CCCCc2ccc(NC(=O)Cc3cccc(OCCOCCNC(=O)c4cn(CCCCc5ccc(NC(=O)Cc6cccc(CNC(=O)OC(C)(C)C)c6)nn5)nn4)c3)nn2)nn1. The second-order valence-electron chi connectivity index (χ2n) is 17.5. The van der Waals surface area contributed by atoms with Crippen molar-refractivity contribution in [1.29, 1.82) is 0 Å². The van der Waals surface area contributed by atoms with E-state index >= 15 is 0 Å². The second kappa shape index (κ2) is 27.3. The maximum absolute atomic E-state index is 12.8. The summed E-state index contributed by atoms with van der Waals surface area (Å²) in [5.74, 6) is 0.179. The van der Waals surface area contributed by atoms with Crippen LogP contribution in [-0.2, 0) is 64.4 Å². The molecular weight excluding hydrogens is 927 g/mol. The predicted molar refractivity (Wildman–Crippen MR) is 263 cm³/mol. The molecule has 6 aromatic rings. The van der Waals surface area contributed by atoms with Crippen molar-refractivity contribution >= 4 is 41.4 Å². The van der Waals surface area contributed by atoms with Gasteiger partial charge in [0.1, 0.15) is 18.0 Å². The summed E-state index contributed by atoms with van der Waals surface area (Å²) in [5.41, 5.74) is 3.85. The highest BCUT2D eigenvalue weighted by Gasteiger charge is 2.17. The van der Waals surface area contributed by atoms with Crippen molar-refractivity contribution in [1.82, 2.24) is 66.3 Å². The van der Waals surface area contributed by atoms with Crippen molar-refractivity contribution < 1.29 is 38.2 Å². The minimum absolute atomic E-state index is 0.116. The number of nitrogens with zero attached hydrogens (tertiary/aromatic N) is 10. The number of alkyl carbamates (subject to hydrolysis) is 1. The van der Waals surface area contributed by atoms with Gasteiger partial charge < -0.3 is 40.8 Å². The first-order chi connectivity index (χ1) is 34.8. The Hall–Kier alpha value is -8.21. The zero-order chi connectivity index (χ0) is 51.1. The maximum atomic E-state index is 12.8. The number of anilines is 2. The molecule has 72 heavy (non-hydrogen) atoms. The van der Waals surface area contributed by atoms with E-state index in [1.54, 1.807) is 73.8 Å². The van der Waals surface area contributed by atoms with Gasteiger partial charge in [0, 0.05) is 33.2 Å². The normalized spacial score (nSPS) is 11.1. The molecule has 0 saturated heterocycles. The van der Waals surface area contributed by atoms with Crippen LogP contribution in [0.25, 0.3) is 0 Å². The number of unbranched alkanes of at least 4 members (excludes halogenated alkanes) is 2. The molecule has 0 unspecified atom stereocenters. The fourth-order valence-electron chi connectivity index (χ4n) is 6.91. The van der Waals surface area contributed by atoms with Gasteiger partial charge in [0.25, 0.3) is 11.8 Å². The van der Waals surface area contributed by atoms with E-state index in [9.17, 15) is 24.0 Å². The zero-order valence-electron chi connectivity index (χ0n) is 40.9. The third-order valence-electron chi connectivity index (χ3n) is 10.4. The minimum atomic E-state index is -0.591. The van der Waals surface area contributed by atoms with Gasteiger partial charge in [-0.25, -0.2) is 4.79 Å². The molecule has 23 heteroatoms. The largest absolute Gasteiger partial charge is 0.491 e. The Kier molecular flexibility index (Phi) is 20.1. The number of rotatable bonds is 27. The molecule has 5 amide bonds. The molecule has 0 aliphatic rings. The van der Waals surface area contributed by atoms with E-state index in [0.29, 0.717) is 43.3 Å². The Balaban J connectivity index is 0.779. The second-order valence-corrected chi connectivity index (χ2v) is 17.5. The molecule has 2 aromatic carbocycles. The van der Waals surface area contributed by atoms with Crippen LogP contribution in [0.1, 0.15) is 95.5 Å². The van der Waals surface area contributed by atoms with Crippen molar-refractivity contribution in [2.75, 3.05) is 44.0 Å². The smallest absolute Gasteiger partial charge is 0.407 e. The lowest BCUT2D eigenvalue weighted by Crippen LogP contribution is -2.32. The lowest BCUT2D eigenvalue weighted by atomic mass is 10.1. The number of carbonyl (C=O) groups excluding carboxylic acids is 5. The molecule has 6 rings (SSSR count). The molecule has 0 fully saturated rings. The Bertz CT molecular complexity index is 2700. The van der Waals surface area contributed by atoms with Gasteiger partial charge >= 0.3 is 6.09 Å². The Labute approximate surface area is 416 Å². The first kappa shape index (κ1) is 53.1. The molecule has 23 nitrogen and oxygen atoms in total. The number of ether oxygens (including phenoxy) is 3. The summed E-state index contributed by atoms with van der Waals surface area (Å²) >= 11 is 0. The molecule has 5 N–H and O–H groups in total. The highest BCUT2D eigenvalue weighted by atomic mass is 16.6. The molecular formula is C49H61N15O8. The van der Waals surface area contributed by atoms with E-state index in [1.165, 1.54) is 0 Å². The highest BCUT2D eigenvalue weighted by molar-refractivity contribution is 5.93. The average Bonchev–Trinajstić information content (AvgIpc) is 4.04. The monoisotopic (exact) mass is 987 g/mol. The van der Waals surface area contributed by atoms with Gasteiger partial charge in [0.2, 0.25) is 11.8 Å². The summed E-state index contributed by atoms with van der Waals surface area (Å²) in [5, 5.41) is 46.3. The summed E-state index contributed by atoms with van der Waals surface area (Å²) in [6.45, 7) is 7.94. The maximum Gasteiger partial charge on any atom is 0.407 e. The van der Waals surface area contributed by atoms with Gasteiger partial charge in [-0.15, -0.1) is 20.4 Å². The summed E-state index contributed by atoms with van der Waals surface area (Å²) in [6.07, 6.45) is 7.51. The van der Waals surface area contributed by atoms with Crippen LogP contribution in [0.3, 0.4) is 0 Å². The summed E-state index contributed by atoms with van der Waals surface area (Å²) in [6, 6.07) is 21.7. The van der Waals surface area contributed by atoms with Crippen LogP contribution < -0.4 is 31.3 Å². The van der Waals surface area contributed by atoms with Crippen LogP contribution in [0, 0.1) is 0 Å². The first-order valence-electron chi connectivity index (χ1n) is 23.7. The van der Waals surface area contributed by atoms with Crippen LogP contribution >= 0.6 is 0 Å². The first-order valence-corrected chi connectivity index (χ1v) is 23.7. The van der Waals surface area contributed by atoms with Crippen LogP contribution in [0.4, 0.5) is 16.4 Å². The summed E-state index contributed by atoms with van der Waals surface area (Å²) < 4.78 is 20.0. The number of hydrogen-bond donors (Lipinski definition) is 5. The Morgan fingerprint density at radius 2 is 1.17 bits per heavy atom. The van der Waals surface area contributed by atoms with E-state index in [1.807, 2.05) is 48.5 Å². The molecule has 4 aromatic heterocycles. The lowest BCUT2D eigenvalue weighted by Gasteiger charge is -2.19. The van der Waals surface area contributed by atoms with E-state index < -0.39 is 11.7 Å². The van der Waals surface area contributed by atoms with E-state index in [0.717, 1.165) is 53.8 Å². The van der Waals surface area contributed by atoms with Gasteiger partial charge in [0.05, 0.1) is 49.8 Å². The van der Waals surface area contributed by atoms with Crippen LogP contribution in [-0.4, -0.2) is 119 Å². The van der Waals surface area contributed by atoms with Crippen LogP contribution in [0.2, 0.25) is 0 Å². The van der Waals surface area contributed by atoms with E-state index in [-0.39, 0.29) is 80.8 Å². The van der Waals surface area contributed by atoms with Gasteiger partial charge in [0.15, 0.2) is 23.0 Å². The van der Waals surface area contributed by atoms with Crippen molar-refractivity contribution in [2.24, 2.45) is 0 Å². The molecule has 0 spiro atoms. The van der Waals surface area contributed by atoms with E-state index in [4.69, 9.17) is 14.2 Å². The highest BCUT2D eigenvalue weighted by Crippen LogP contribution is 2.16. The van der Waals surface area contributed by atoms with Gasteiger partial charge in [-0.1, -0.05) is 46.8 Å². The third kappa shape index (κ3) is 18.9. The van der Waals surface area contributed by atoms with Gasteiger partial charge in [-0.2, -0.15) is 10.2 Å². The molecule has 0 bridgehead atoms.